The van der Waals surface area contributed by atoms with E-state index in [1.165, 1.54) is 28.1 Å². The van der Waals surface area contributed by atoms with Crippen LogP contribution in [0.1, 0.15) is 48.4 Å². The monoisotopic (exact) mass is 603 g/mol. The van der Waals surface area contributed by atoms with E-state index in [1.807, 2.05) is 0 Å². The van der Waals surface area contributed by atoms with Gasteiger partial charge in [-0.2, -0.15) is 15.5 Å². The van der Waals surface area contributed by atoms with Crippen LogP contribution >= 0.6 is 0 Å². The van der Waals surface area contributed by atoms with Crippen molar-refractivity contribution in [1.82, 2.24) is 14.8 Å². The summed E-state index contributed by atoms with van der Waals surface area (Å²) in [4.78, 5) is 26.3. The molecule has 3 aliphatic rings. The van der Waals surface area contributed by atoms with E-state index in [9.17, 15) is 15.3 Å². The highest BCUT2D eigenvalue weighted by Gasteiger charge is 2.35. The number of hydrogen-bond donors (Lipinski definition) is 0. The zero-order valence-corrected chi connectivity index (χ0v) is 26.3. The van der Waals surface area contributed by atoms with Gasteiger partial charge in [0, 0.05) is 61.0 Å². The number of carbonyl (C=O) groups is 1. The maximum Gasteiger partial charge on any atom is 0.246 e. The Bertz CT molecular complexity index is 1680. The lowest BCUT2D eigenvalue weighted by Crippen LogP contribution is -2.55. The molecule has 4 heterocycles. The molecule has 0 saturated carbocycles. The molecule has 6 rings (SSSR count). The number of aryl methyl sites for hydroxylation is 1. The standard InChI is InChI=1S/C36H41N7O2/c1-4-25-9-6-10-26-11-7-13-32(34(25)26)41-18-15-29-31(23-41)30(21-38)36(45-24-28-12-8-17-40(28)3)39-35(29)42-19-20-43(33(44)5-2)27(22-42)14-16-37/h5-7,9-11,13,27-28H,2,4,8,12,14-15,17-20,22-24H2,1,3H3/t27-,28+/m1/s1. The predicted octanol–water partition coefficient (Wildman–Crippen LogP) is 4.82. The maximum atomic E-state index is 12.6. The molecule has 0 aliphatic carbocycles. The van der Waals surface area contributed by atoms with Gasteiger partial charge >= 0.3 is 0 Å². The van der Waals surface area contributed by atoms with E-state index in [1.54, 1.807) is 4.90 Å². The summed E-state index contributed by atoms with van der Waals surface area (Å²) in [5, 5.41) is 22.6. The van der Waals surface area contributed by atoms with Crippen molar-refractivity contribution in [2.24, 2.45) is 0 Å². The van der Waals surface area contributed by atoms with E-state index < -0.39 is 0 Å². The molecule has 2 saturated heterocycles. The van der Waals surface area contributed by atoms with E-state index in [-0.39, 0.29) is 24.4 Å². The van der Waals surface area contributed by atoms with Crippen molar-refractivity contribution in [2.45, 2.75) is 57.7 Å². The summed E-state index contributed by atoms with van der Waals surface area (Å²) in [6.45, 7) is 10.2. The first kappa shape index (κ1) is 30.4. The second kappa shape index (κ2) is 13.2. The van der Waals surface area contributed by atoms with Gasteiger partial charge in [0.1, 0.15) is 24.1 Å². The fraction of sp³-hybridized carbons (Fsp3) is 0.444. The Kier molecular flexibility index (Phi) is 8.91. The Hall–Kier alpha value is -4.60. The molecule has 2 aromatic carbocycles. The van der Waals surface area contributed by atoms with Gasteiger partial charge in [-0.15, -0.1) is 0 Å². The summed E-state index contributed by atoms with van der Waals surface area (Å²) in [5.74, 6) is 1.02. The fourth-order valence-electron chi connectivity index (χ4n) is 7.33. The molecule has 1 amide bonds. The van der Waals surface area contributed by atoms with Crippen LogP contribution < -0.4 is 14.5 Å². The molecule has 0 radical (unpaired) electrons. The smallest absolute Gasteiger partial charge is 0.246 e. The molecule has 0 bridgehead atoms. The molecule has 3 aromatic rings. The molecular weight excluding hydrogens is 562 g/mol. The number of fused-ring (bicyclic) bond motifs is 2. The average molecular weight is 604 g/mol. The van der Waals surface area contributed by atoms with Crippen LogP contribution in [0.2, 0.25) is 0 Å². The number of benzene rings is 2. The maximum absolute atomic E-state index is 12.6. The Morgan fingerprint density at radius 3 is 2.62 bits per heavy atom. The number of carbonyl (C=O) groups excluding carboxylic acids is 1. The first-order valence-electron chi connectivity index (χ1n) is 16.1. The zero-order chi connectivity index (χ0) is 31.5. The highest BCUT2D eigenvalue weighted by molar-refractivity contribution is 5.97. The van der Waals surface area contributed by atoms with Crippen molar-refractivity contribution in [3.63, 3.8) is 0 Å². The van der Waals surface area contributed by atoms with Crippen LogP contribution in [0.15, 0.2) is 49.1 Å². The third-order valence-electron chi connectivity index (χ3n) is 9.79. The molecular formula is C36H41N7O2. The van der Waals surface area contributed by atoms with Crippen molar-refractivity contribution in [3.05, 3.63) is 71.3 Å². The first-order valence-corrected chi connectivity index (χ1v) is 16.1. The second-order valence-electron chi connectivity index (χ2n) is 12.3. The number of aromatic nitrogens is 1. The number of ether oxygens (including phenoxy) is 1. The summed E-state index contributed by atoms with van der Waals surface area (Å²) in [6, 6.07) is 17.7. The lowest BCUT2D eigenvalue weighted by atomic mass is 9.93. The summed E-state index contributed by atoms with van der Waals surface area (Å²) in [6.07, 6.45) is 5.39. The van der Waals surface area contributed by atoms with Crippen LogP contribution in [0.4, 0.5) is 11.5 Å². The largest absolute Gasteiger partial charge is 0.475 e. The van der Waals surface area contributed by atoms with Gasteiger partial charge in [-0.1, -0.05) is 43.8 Å². The molecule has 1 aromatic heterocycles. The van der Waals surface area contributed by atoms with E-state index in [4.69, 9.17) is 9.72 Å². The normalized spacial score (nSPS) is 20.0. The summed E-state index contributed by atoms with van der Waals surface area (Å²) >= 11 is 0. The van der Waals surface area contributed by atoms with Gasteiger partial charge in [0.2, 0.25) is 11.8 Å². The quantitative estimate of drug-likeness (QED) is 0.338. The van der Waals surface area contributed by atoms with E-state index in [2.05, 4.69) is 83.8 Å². The van der Waals surface area contributed by atoms with E-state index >= 15 is 0 Å². The number of rotatable bonds is 8. The average Bonchev–Trinajstić information content (AvgIpc) is 3.49. The van der Waals surface area contributed by atoms with Crippen molar-refractivity contribution < 1.29 is 9.53 Å². The van der Waals surface area contributed by atoms with Gasteiger partial charge in [-0.25, -0.2) is 0 Å². The summed E-state index contributed by atoms with van der Waals surface area (Å²) in [5.41, 5.74) is 5.01. The molecule has 3 aliphatic heterocycles. The number of nitriles is 2. The highest BCUT2D eigenvalue weighted by Crippen LogP contribution is 2.39. The van der Waals surface area contributed by atoms with Gasteiger partial charge in [0.15, 0.2) is 0 Å². The first-order chi connectivity index (χ1) is 22.0. The van der Waals surface area contributed by atoms with Crippen LogP contribution in [0.5, 0.6) is 5.88 Å². The summed E-state index contributed by atoms with van der Waals surface area (Å²) in [7, 11) is 2.12. The minimum atomic E-state index is -0.276. The molecule has 45 heavy (non-hydrogen) atoms. The third kappa shape index (κ3) is 5.81. The number of likely N-dealkylation sites (tertiary alicyclic amines) is 1. The fourth-order valence-corrected chi connectivity index (χ4v) is 7.33. The molecule has 0 N–H and O–H groups in total. The Morgan fingerprint density at radius 2 is 1.91 bits per heavy atom. The molecule has 2 fully saturated rings. The summed E-state index contributed by atoms with van der Waals surface area (Å²) < 4.78 is 6.43. The van der Waals surface area contributed by atoms with E-state index in [0.717, 1.165) is 55.7 Å². The van der Waals surface area contributed by atoms with Crippen LogP contribution in [-0.2, 0) is 24.2 Å². The molecule has 0 unspecified atom stereocenters. The number of piperazine rings is 1. The lowest BCUT2D eigenvalue weighted by Gasteiger charge is -2.42. The predicted molar refractivity (Wildman–Crippen MR) is 176 cm³/mol. The minimum absolute atomic E-state index is 0.161. The van der Waals surface area contributed by atoms with Crippen molar-refractivity contribution >= 4 is 28.2 Å². The number of hydrogen-bond acceptors (Lipinski definition) is 8. The molecule has 2 atom stereocenters. The van der Waals surface area contributed by atoms with Crippen LogP contribution in [-0.4, -0.2) is 79.2 Å². The Labute approximate surface area is 265 Å². The number of nitrogens with zero attached hydrogens (tertiary/aromatic N) is 7. The second-order valence-corrected chi connectivity index (χ2v) is 12.3. The molecule has 0 spiro atoms. The van der Waals surface area contributed by atoms with Gasteiger partial charge in [0.25, 0.3) is 0 Å². The SMILES string of the molecule is C=CC(=O)N1CCN(c2nc(OC[C@@H]3CCCN3C)c(C#N)c3c2CCN(c2cccc4cccc(CC)c24)C3)C[C@H]1CC#N. The molecule has 232 valence electrons. The van der Waals surface area contributed by atoms with Crippen molar-refractivity contribution in [1.29, 1.82) is 10.5 Å². The minimum Gasteiger partial charge on any atom is -0.475 e. The van der Waals surface area contributed by atoms with Crippen LogP contribution in [0.25, 0.3) is 10.8 Å². The number of anilines is 2. The topological polar surface area (TPSA) is 99.7 Å². The van der Waals surface area contributed by atoms with Crippen molar-refractivity contribution in [2.75, 3.05) is 56.2 Å². The molecule has 9 nitrogen and oxygen atoms in total. The van der Waals surface area contributed by atoms with E-state index in [0.29, 0.717) is 44.2 Å². The number of likely N-dealkylation sites (N-methyl/N-ethyl adjacent to an activating group) is 1. The highest BCUT2D eigenvalue weighted by atomic mass is 16.5. The van der Waals surface area contributed by atoms with Gasteiger partial charge in [0.05, 0.1) is 18.5 Å². The van der Waals surface area contributed by atoms with Crippen LogP contribution in [0, 0.1) is 22.7 Å². The lowest BCUT2D eigenvalue weighted by molar-refractivity contribution is -0.128. The number of amides is 1. The van der Waals surface area contributed by atoms with Gasteiger partial charge in [-0.05, 0) is 62.4 Å². The third-order valence-corrected chi connectivity index (χ3v) is 9.79. The van der Waals surface area contributed by atoms with Gasteiger partial charge in [-0.3, -0.25) is 4.79 Å². The number of pyridine rings is 1. The van der Waals surface area contributed by atoms with Crippen molar-refractivity contribution in [3.8, 4) is 18.0 Å². The Balaban J connectivity index is 1.41. The zero-order valence-electron chi connectivity index (χ0n) is 26.3. The Morgan fingerprint density at radius 1 is 1.09 bits per heavy atom. The molecule has 9 heteroatoms. The van der Waals surface area contributed by atoms with Crippen LogP contribution in [0.3, 0.4) is 0 Å². The van der Waals surface area contributed by atoms with Gasteiger partial charge < -0.3 is 24.3 Å².